The normalized spacial score (nSPS) is 12.4. The van der Waals surface area contributed by atoms with E-state index in [0.717, 1.165) is 25.9 Å². The number of esters is 1. The van der Waals surface area contributed by atoms with Gasteiger partial charge in [-0.1, -0.05) is 0 Å². The Bertz CT molecular complexity index is 312. The number of hydrogen-bond acceptors (Lipinski definition) is 4. The zero-order valence-electron chi connectivity index (χ0n) is 10.6. The van der Waals surface area contributed by atoms with Gasteiger partial charge in [0.15, 0.2) is 0 Å². The standard InChI is InChI=1S/C12H21N3O2/c1-11(9-12(16)17-2)14-5-3-4-7-15-8-6-13-10-15/h6,8,10-11,14H,3-5,7,9H2,1-2H3. The first-order valence-electron chi connectivity index (χ1n) is 5.98. The summed E-state index contributed by atoms with van der Waals surface area (Å²) in [6.45, 7) is 3.91. The Balaban J connectivity index is 1.98. The summed E-state index contributed by atoms with van der Waals surface area (Å²) in [6.07, 6.45) is 8.20. The van der Waals surface area contributed by atoms with Gasteiger partial charge in [-0.25, -0.2) is 4.98 Å². The number of aryl methyl sites for hydroxylation is 1. The minimum Gasteiger partial charge on any atom is -0.469 e. The summed E-state index contributed by atoms with van der Waals surface area (Å²) in [5.74, 6) is -0.164. The molecule has 0 bridgehead atoms. The SMILES string of the molecule is COC(=O)CC(C)NCCCCn1ccnc1. The molecule has 0 spiro atoms. The van der Waals surface area contributed by atoms with Crippen molar-refractivity contribution in [1.82, 2.24) is 14.9 Å². The highest BCUT2D eigenvalue weighted by atomic mass is 16.5. The van der Waals surface area contributed by atoms with Crippen LogP contribution in [0.15, 0.2) is 18.7 Å². The number of nitrogens with zero attached hydrogens (tertiary/aromatic N) is 2. The van der Waals surface area contributed by atoms with Crippen LogP contribution in [0.5, 0.6) is 0 Å². The van der Waals surface area contributed by atoms with E-state index in [2.05, 4.69) is 19.6 Å². The molecule has 0 aliphatic carbocycles. The molecule has 5 nitrogen and oxygen atoms in total. The smallest absolute Gasteiger partial charge is 0.307 e. The van der Waals surface area contributed by atoms with E-state index in [0.29, 0.717) is 6.42 Å². The highest BCUT2D eigenvalue weighted by Crippen LogP contribution is 1.97. The second-order valence-electron chi connectivity index (χ2n) is 4.14. The fourth-order valence-corrected chi connectivity index (χ4v) is 1.59. The largest absolute Gasteiger partial charge is 0.469 e. The quantitative estimate of drug-likeness (QED) is 0.547. The number of carbonyl (C=O) groups is 1. The Hall–Kier alpha value is -1.36. The van der Waals surface area contributed by atoms with Gasteiger partial charge in [-0.2, -0.15) is 0 Å². The molecule has 0 fully saturated rings. The first-order valence-corrected chi connectivity index (χ1v) is 5.98. The Labute approximate surface area is 102 Å². The summed E-state index contributed by atoms with van der Waals surface area (Å²) in [5, 5.41) is 3.30. The lowest BCUT2D eigenvalue weighted by Gasteiger charge is -2.12. The molecule has 5 heteroatoms. The van der Waals surface area contributed by atoms with Crippen LogP contribution >= 0.6 is 0 Å². The molecule has 0 aromatic carbocycles. The molecule has 1 aromatic heterocycles. The second kappa shape index (κ2) is 7.84. The highest BCUT2D eigenvalue weighted by molar-refractivity contribution is 5.69. The number of nitrogens with one attached hydrogen (secondary N) is 1. The topological polar surface area (TPSA) is 56.1 Å². The Morgan fingerprint density at radius 2 is 2.35 bits per heavy atom. The molecule has 1 rings (SSSR count). The first-order chi connectivity index (χ1) is 8.22. The number of imidazole rings is 1. The van der Waals surface area contributed by atoms with Crippen molar-refractivity contribution >= 4 is 5.97 Å². The molecule has 0 aliphatic heterocycles. The molecule has 1 aromatic rings. The maximum absolute atomic E-state index is 11.0. The number of hydrogen-bond donors (Lipinski definition) is 1. The van der Waals surface area contributed by atoms with E-state index in [1.165, 1.54) is 7.11 Å². The first kappa shape index (κ1) is 13.7. The van der Waals surface area contributed by atoms with Crippen LogP contribution < -0.4 is 5.32 Å². The van der Waals surface area contributed by atoms with E-state index >= 15 is 0 Å². The lowest BCUT2D eigenvalue weighted by atomic mass is 10.2. The highest BCUT2D eigenvalue weighted by Gasteiger charge is 2.07. The average Bonchev–Trinajstić information content (AvgIpc) is 2.81. The van der Waals surface area contributed by atoms with E-state index in [9.17, 15) is 4.79 Å². The Morgan fingerprint density at radius 1 is 1.53 bits per heavy atom. The maximum atomic E-state index is 11.0. The third kappa shape index (κ3) is 6.06. The number of aromatic nitrogens is 2. The van der Waals surface area contributed by atoms with Gasteiger partial charge in [0.25, 0.3) is 0 Å². The van der Waals surface area contributed by atoms with Crippen molar-refractivity contribution < 1.29 is 9.53 Å². The van der Waals surface area contributed by atoms with Crippen molar-refractivity contribution in [3.63, 3.8) is 0 Å². The van der Waals surface area contributed by atoms with E-state index < -0.39 is 0 Å². The summed E-state index contributed by atoms with van der Waals surface area (Å²) in [4.78, 5) is 15.0. The van der Waals surface area contributed by atoms with Crippen molar-refractivity contribution in [1.29, 1.82) is 0 Å². The van der Waals surface area contributed by atoms with Crippen LogP contribution in [-0.2, 0) is 16.1 Å². The fourth-order valence-electron chi connectivity index (χ4n) is 1.59. The summed E-state index contributed by atoms with van der Waals surface area (Å²) in [7, 11) is 1.42. The monoisotopic (exact) mass is 239 g/mol. The molecule has 0 saturated heterocycles. The van der Waals surface area contributed by atoms with Crippen molar-refractivity contribution in [2.24, 2.45) is 0 Å². The molecule has 1 heterocycles. The van der Waals surface area contributed by atoms with Crippen LogP contribution in [0.1, 0.15) is 26.2 Å². The van der Waals surface area contributed by atoms with E-state index in [1.54, 1.807) is 6.20 Å². The van der Waals surface area contributed by atoms with Crippen LogP contribution in [-0.4, -0.2) is 35.2 Å². The van der Waals surface area contributed by atoms with E-state index in [4.69, 9.17) is 0 Å². The van der Waals surface area contributed by atoms with Crippen LogP contribution in [0.3, 0.4) is 0 Å². The molecule has 0 aliphatic rings. The average molecular weight is 239 g/mol. The molecule has 96 valence electrons. The lowest BCUT2D eigenvalue weighted by Crippen LogP contribution is -2.29. The number of rotatable bonds is 8. The zero-order chi connectivity index (χ0) is 12.5. The molecule has 17 heavy (non-hydrogen) atoms. The molecular weight excluding hydrogens is 218 g/mol. The van der Waals surface area contributed by atoms with Gasteiger partial charge in [0.05, 0.1) is 19.9 Å². The number of carbonyl (C=O) groups excluding carboxylic acids is 1. The predicted octanol–water partition coefficient (Wildman–Crippen LogP) is 1.20. The van der Waals surface area contributed by atoms with Gasteiger partial charge in [-0.15, -0.1) is 0 Å². The molecular formula is C12H21N3O2. The molecule has 1 unspecified atom stereocenters. The molecule has 1 N–H and O–H groups in total. The molecule has 0 radical (unpaired) electrons. The fraction of sp³-hybridized carbons (Fsp3) is 0.667. The molecule has 1 atom stereocenters. The lowest BCUT2D eigenvalue weighted by molar-refractivity contribution is -0.141. The van der Waals surface area contributed by atoms with E-state index in [-0.39, 0.29) is 12.0 Å². The second-order valence-corrected chi connectivity index (χ2v) is 4.14. The zero-order valence-corrected chi connectivity index (χ0v) is 10.6. The number of methoxy groups -OCH3 is 1. The van der Waals surface area contributed by atoms with E-state index in [1.807, 2.05) is 19.4 Å². The van der Waals surface area contributed by atoms with Crippen molar-refractivity contribution in [3.05, 3.63) is 18.7 Å². The minimum atomic E-state index is -0.164. The minimum absolute atomic E-state index is 0.164. The van der Waals surface area contributed by atoms with Gasteiger partial charge in [0.2, 0.25) is 0 Å². The van der Waals surface area contributed by atoms with Gasteiger partial charge in [-0.3, -0.25) is 4.79 Å². The van der Waals surface area contributed by atoms with Crippen molar-refractivity contribution in [2.45, 2.75) is 38.8 Å². The van der Waals surface area contributed by atoms with Gasteiger partial charge >= 0.3 is 5.97 Å². The number of ether oxygens (including phenoxy) is 1. The summed E-state index contributed by atoms with van der Waals surface area (Å²) in [6, 6.07) is 0.177. The Kier molecular flexibility index (Phi) is 6.32. The summed E-state index contributed by atoms with van der Waals surface area (Å²) < 4.78 is 6.68. The Morgan fingerprint density at radius 3 is 3.00 bits per heavy atom. The van der Waals surface area contributed by atoms with Gasteiger partial charge in [0, 0.05) is 25.0 Å². The summed E-state index contributed by atoms with van der Waals surface area (Å²) in [5.41, 5.74) is 0. The number of unbranched alkanes of at least 4 members (excludes halogenated alkanes) is 1. The third-order valence-corrected chi connectivity index (χ3v) is 2.60. The third-order valence-electron chi connectivity index (χ3n) is 2.60. The van der Waals surface area contributed by atoms with Crippen LogP contribution in [0.25, 0.3) is 0 Å². The van der Waals surface area contributed by atoms with Crippen molar-refractivity contribution in [2.75, 3.05) is 13.7 Å². The van der Waals surface area contributed by atoms with Crippen LogP contribution in [0.2, 0.25) is 0 Å². The molecule has 0 amide bonds. The van der Waals surface area contributed by atoms with Crippen molar-refractivity contribution in [3.8, 4) is 0 Å². The van der Waals surface area contributed by atoms with Gasteiger partial charge < -0.3 is 14.6 Å². The van der Waals surface area contributed by atoms with Crippen LogP contribution in [0.4, 0.5) is 0 Å². The maximum Gasteiger partial charge on any atom is 0.307 e. The van der Waals surface area contributed by atoms with Gasteiger partial charge in [-0.05, 0) is 26.3 Å². The van der Waals surface area contributed by atoms with Gasteiger partial charge in [0.1, 0.15) is 0 Å². The molecule has 0 saturated carbocycles. The predicted molar refractivity (Wildman–Crippen MR) is 65.6 cm³/mol. The summed E-state index contributed by atoms with van der Waals surface area (Å²) >= 11 is 0. The van der Waals surface area contributed by atoms with Crippen LogP contribution in [0, 0.1) is 0 Å².